The zero-order valence-corrected chi connectivity index (χ0v) is 19.9. The van der Waals surface area contributed by atoms with Crippen LogP contribution in [0.3, 0.4) is 0 Å². The van der Waals surface area contributed by atoms with Crippen LogP contribution in [0.15, 0.2) is 42.6 Å². The first-order valence-corrected chi connectivity index (χ1v) is 10.6. The van der Waals surface area contributed by atoms with Crippen molar-refractivity contribution < 1.29 is 32.2 Å². The fourth-order valence-corrected chi connectivity index (χ4v) is 3.71. The topological polar surface area (TPSA) is 74.1 Å². The Morgan fingerprint density at radius 1 is 1.03 bits per heavy atom. The lowest BCUT2D eigenvalue weighted by molar-refractivity contribution is 0.112. The normalized spacial score (nSPS) is 11.8. The Hall–Kier alpha value is -3.79. The van der Waals surface area contributed by atoms with E-state index >= 15 is 0 Å². The van der Waals surface area contributed by atoms with Crippen LogP contribution in [0.5, 0.6) is 11.5 Å². The van der Waals surface area contributed by atoms with Crippen LogP contribution < -0.4 is 14.8 Å². The number of carbonyl (C=O) groups is 1. The summed E-state index contributed by atoms with van der Waals surface area (Å²) in [5, 5.41) is 3.73. The molecule has 1 unspecified atom stereocenters. The number of hydrogen-bond acceptors (Lipinski definition) is 6. The second-order valence-electron chi connectivity index (χ2n) is 7.63. The molecular weight excluding hydrogens is 463 g/mol. The Balaban J connectivity index is 0.00000108. The number of alkyl halides is 2. The van der Waals surface area contributed by atoms with Gasteiger partial charge in [0.1, 0.15) is 17.3 Å². The van der Waals surface area contributed by atoms with Crippen molar-refractivity contribution in [3.8, 4) is 11.5 Å². The second-order valence-corrected chi connectivity index (χ2v) is 7.63. The van der Waals surface area contributed by atoms with Gasteiger partial charge in [0, 0.05) is 43.0 Å². The fraction of sp³-hybridized carbons (Fsp3) is 0.280. The number of methoxy groups -OCH3 is 3. The smallest absolute Gasteiger partial charge is 0.266 e. The highest BCUT2D eigenvalue weighted by molar-refractivity contribution is 5.95. The van der Waals surface area contributed by atoms with E-state index in [9.17, 15) is 18.0 Å². The van der Waals surface area contributed by atoms with Gasteiger partial charge in [-0.05, 0) is 19.1 Å². The van der Waals surface area contributed by atoms with Gasteiger partial charge < -0.3 is 23.9 Å². The summed E-state index contributed by atoms with van der Waals surface area (Å²) >= 11 is 0. The molecule has 0 radical (unpaired) electrons. The fourth-order valence-electron chi connectivity index (χ4n) is 3.71. The molecule has 0 spiro atoms. The lowest BCUT2D eigenvalue weighted by Gasteiger charge is -2.20. The van der Waals surface area contributed by atoms with Gasteiger partial charge in [0.25, 0.3) is 6.43 Å². The maximum Gasteiger partial charge on any atom is 0.266 e. The van der Waals surface area contributed by atoms with Crippen molar-refractivity contribution in [2.24, 2.45) is 0 Å². The van der Waals surface area contributed by atoms with Crippen LogP contribution in [0.25, 0.3) is 16.6 Å². The highest BCUT2D eigenvalue weighted by atomic mass is 19.3. The number of hydrogen-bond donors (Lipinski definition) is 1. The average Bonchev–Trinajstić information content (AvgIpc) is 3.27. The molecule has 10 heteroatoms. The number of benzene rings is 2. The van der Waals surface area contributed by atoms with Gasteiger partial charge in [-0.1, -0.05) is 18.2 Å². The summed E-state index contributed by atoms with van der Waals surface area (Å²) in [6.07, 6.45) is -0.568. The number of nitrogens with one attached hydrogen (secondary N) is 1. The van der Waals surface area contributed by atoms with Gasteiger partial charge >= 0.3 is 0 Å². The molecule has 0 bridgehead atoms. The Morgan fingerprint density at radius 2 is 1.66 bits per heavy atom. The molecule has 0 fully saturated rings. The lowest BCUT2D eigenvalue weighted by Crippen LogP contribution is -2.12. The van der Waals surface area contributed by atoms with Crippen molar-refractivity contribution in [2.75, 3.05) is 33.8 Å². The minimum Gasteiger partial charge on any atom is -0.493 e. The van der Waals surface area contributed by atoms with Gasteiger partial charge in [0.2, 0.25) is 0 Å². The largest absolute Gasteiger partial charge is 0.493 e. The van der Waals surface area contributed by atoms with E-state index < -0.39 is 23.8 Å². The molecule has 4 rings (SSSR count). The molecule has 186 valence electrons. The van der Waals surface area contributed by atoms with Crippen LogP contribution in [0, 0.1) is 5.82 Å². The maximum absolute atomic E-state index is 14.7. The minimum atomic E-state index is -2.92. The molecule has 2 aromatic carbocycles. The van der Waals surface area contributed by atoms with Crippen molar-refractivity contribution in [1.29, 1.82) is 0 Å². The van der Waals surface area contributed by atoms with Crippen molar-refractivity contribution in [2.45, 2.75) is 19.4 Å². The van der Waals surface area contributed by atoms with E-state index in [0.29, 0.717) is 45.7 Å². The first-order chi connectivity index (χ1) is 16.8. The molecule has 7 nitrogen and oxygen atoms in total. The van der Waals surface area contributed by atoms with Crippen molar-refractivity contribution >= 4 is 28.7 Å². The summed E-state index contributed by atoms with van der Waals surface area (Å²) < 4.78 is 57.8. The molecule has 2 aromatic heterocycles. The van der Waals surface area contributed by atoms with Crippen LogP contribution in [-0.4, -0.2) is 44.1 Å². The van der Waals surface area contributed by atoms with Crippen molar-refractivity contribution in [3.63, 3.8) is 0 Å². The van der Waals surface area contributed by atoms with Crippen LogP contribution in [-0.2, 0) is 4.74 Å². The molecular formula is C25H26F3N3O4. The highest BCUT2D eigenvalue weighted by Gasteiger charge is 2.21. The molecule has 0 saturated heterocycles. The van der Waals surface area contributed by atoms with Gasteiger partial charge in [0.05, 0.1) is 31.3 Å². The van der Waals surface area contributed by atoms with Crippen LogP contribution >= 0.6 is 0 Å². The zero-order chi connectivity index (χ0) is 25.7. The van der Waals surface area contributed by atoms with E-state index in [0.717, 1.165) is 6.07 Å². The highest BCUT2D eigenvalue weighted by Crippen LogP contribution is 2.37. The maximum atomic E-state index is 14.7. The zero-order valence-electron chi connectivity index (χ0n) is 19.9. The molecule has 0 aliphatic carbocycles. The van der Waals surface area contributed by atoms with E-state index in [1.54, 1.807) is 49.9 Å². The SMILES string of the molecule is COC.COc1cc2c(NC(C)c3cccc(C(F)F)c3F)nc3cc(C=O)cn3c2cc1OC. The summed E-state index contributed by atoms with van der Waals surface area (Å²) in [5.74, 6) is 0.338. The molecule has 0 aliphatic heterocycles. The third kappa shape index (κ3) is 5.17. The van der Waals surface area contributed by atoms with Crippen LogP contribution in [0.4, 0.5) is 19.0 Å². The first kappa shape index (κ1) is 25.8. The predicted molar refractivity (Wildman–Crippen MR) is 128 cm³/mol. The minimum absolute atomic E-state index is 0.0852. The van der Waals surface area contributed by atoms with Gasteiger partial charge in [-0.2, -0.15) is 0 Å². The van der Waals surface area contributed by atoms with Gasteiger partial charge in [-0.3, -0.25) is 4.79 Å². The number of carbonyl (C=O) groups excluding carboxylic acids is 1. The number of halogens is 3. The summed E-state index contributed by atoms with van der Waals surface area (Å²) in [4.78, 5) is 15.9. The number of nitrogens with zero attached hydrogens (tertiary/aromatic N) is 2. The molecule has 0 amide bonds. The van der Waals surface area contributed by atoms with Crippen LogP contribution in [0.2, 0.25) is 0 Å². The quantitative estimate of drug-likeness (QED) is 0.329. The molecule has 35 heavy (non-hydrogen) atoms. The lowest BCUT2D eigenvalue weighted by atomic mass is 10.0. The first-order valence-electron chi connectivity index (χ1n) is 10.6. The number of rotatable bonds is 7. The Labute approximate surface area is 200 Å². The summed E-state index contributed by atoms with van der Waals surface area (Å²) in [6.45, 7) is 1.65. The van der Waals surface area contributed by atoms with Gasteiger partial charge in [0.15, 0.2) is 17.8 Å². The Kier molecular flexibility index (Phi) is 8.18. The van der Waals surface area contributed by atoms with Crippen molar-refractivity contribution in [3.05, 3.63) is 65.1 Å². The summed E-state index contributed by atoms with van der Waals surface area (Å²) in [5.41, 5.74) is 0.996. The van der Waals surface area contributed by atoms with Gasteiger partial charge in [-0.15, -0.1) is 0 Å². The van der Waals surface area contributed by atoms with E-state index in [4.69, 9.17) is 9.47 Å². The number of anilines is 1. The third-order valence-corrected chi connectivity index (χ3v) is 5.31. The Morgan fingerprint density at radius 3 is 2.26 bits per heavy atom. The molecule has 0 aliphatic rings. The summed E-state index contributed by atoms with van der Waals surface area (Å²) in [6, 6.07) is 8.29. The molecule has 0 saturated carbocycles. The summed E-state index contributed by atoms with van der Waals surface area (Å²) in [7, 11) is 6.26. The monoisotopic (exact) mass is 489 g/mol. The standard InChI is InChI=1S/C23H20F3N3O3.C2H6O/c1-12(14-5-4-6-15(21(14)24)22(25)26)27-23-16-8-18(31-2)19(32-3)9-17(16)29-10-13(11-30)7-20(29)28-23;1-3-2/h4-12,22H,1-3H3,(H,27,28);1-2H3. The van der Waals surface area contributed by atoms with Crippen LogP contribution in [0.1, 0.15) is 40.9 Å². The van der Waals surface area contributed by atoms with Gasteiger partial charge in [-0.25, -0.2) is 18.2 Å². The second kappa shape index (κ2) is 11.1. The van der Waals surface area contributed by atoms with E-state index in [1.165, 1.54) is 26.4 Å². The van der Waals surface area contributed by atoms with Crippen molar-refractivity contribution in [1.82, 2.24) is 9.38 Å². The molecule has 2 heterocycles. The van der Waals surface area contributed by atoms with E-state index in [1.807, 2.05) is 0 Å². The molecule has 4 aromatic rings. The average molecular weight is 489 g/mol. The van der Waals surface area contributed by atoms with E-state index in [2.05, 4.69) is 15.0 Å². The number of aromatic nitrogens is 2. The molecule has 1 atom stereocenters. The van der Waals surface area contributed by atoms with E-state index in [-0.39, 0.29) is 5.56 Å². The number of ether oxygens (including phenoxy) is 3. The number of fused-ring (bicyclic) bond motifs is 3. The number of aldehydes is 1. The predicted octanol–water partition coefficient (Wildman–Crippen LogP) is 5.83. The Bertz CT molecular complexity index is 1340. The third-order valence-electron chi connectivity index (χ3n) is 5.31. The molecule has 1 N–H and O–H groups in total.